The zero-order chi connectivity index (χ0) is 17.4. The van der Waals surface area contributed by atoms with Crippen LogP contribution in [0.1, 0.15) is 43.0 Å². The Morgan fingerprint density at radius 1 is 1.17 bits per heavy atom. The van der Waals surface area contributed by atoms with E-state index in [0.717, 1.165) is 25.7 Å². The maximum Gasteiger partial charge on any atom is 0.339 e. The number of carbonyl (C=O) groups excluding carboxylic acids is 2. The van der Waals surface area contributed by atoms with Crippen molar-refractivity contribution in [1.29, 1.82) is 0 Å². The SMILES string of the molecule is CCCCCCNC(=O)COC(=O)c1cc(=O)[nH]c2ccccc12. The fraction of sp³-hybridized carbons (Fsp3) is 0.389. The molecule has 0 aliphatic rings. The Bertz CT molecular complexity index is 767. The summed E-state index contributed by atoms with van der Waals surface area (Å²) in [5.41, 5.74) is 0.323. The maximum absolute atomic E-state index is 12.2. The van der Waals surface area contributed by atoms with E-state index in [0.29, 0.717) is 17.4 Å². The van der Waals surface area contributed by atoms with E-state index in [-0.39, 0.29) is 23.6 Å². The van der Waals surface area contributed by atoms with E-state index < -0.39 is 5.97 Å². The first kappa shape index (κ1) is 17.7. The Hall–Kier alpha value is -2.63. The number of H-pyrrole nitrogens is 1. The van der Waals surface area contributed by atoms with Gasteiger partial charge in [0.1, 0.15) is 0 Å². The number of esters is 1. The average molecular weight is 330 g/mol. The van der Waals surface area contributed by atoms with Crippen LogP contribution in [0.3, 0.4) is 0 Å². The fourth-order valence-electron chi connectivity index (χ4n) is 2.41. The number of benzene rings is 1. The molecule has 1 amide bonds. The third-order valence-electron chi connectivity index (χ3n) is 3.66. The van der Waals surface area contributed by atoms with Crippen molar-refractivity contribution in [2.24, 2.45) is 0 Å². The molecule has 24 heavy (non-hydrogen) atoms. The van der Waals surface area contributed by atoms with Crippen molar-refractivity contribution in [3.63, 3.8) is 0 Å². The van der Waals surface area contributed by atoms with Crippen LogP contribution in [0, 0.1) is 0 Å². The van der Waals surface area contributed by atoms with Crippen molar-refractivity contribution in [2.45, 2.75) is 32.6 Å². The van der Waals surface area contributed by atoms with Gasteiger partial charge in [0.15, 0.2) is 6.61 Å². The number of hydrogen-bond donors (Lipinski definition) is 2. The van der Waals surface area contributed by atoms with E-state index >= 15 is 0 Å². The van der Waals surface area contributed by atoms with Crippen molar-refractivity contribution >= 4 is 22.8 Å². The molecule has 2 N–H and O–H groups in total. The standard InChI is InChI=1S/C18H22N2O4/c1-2-3-4-7-10-19-17(22)12-24-18(23)14-11-16(21)20-15-9-6-5-8-13(14)15/h5-6,8-9,11H,2-4,7,10,12H2,1H3,(H,19,22)(H,20,21). The van der Waals surface area contributed by atoms with Crippen LogP contribution in [0.5, 0.6) is 0 Å². The van der Waals surface area contributed by atoms with Gasteiger partial charge >= 0.3 is 5.97 Å². The molecule has 1 aromatic carbocycles. The monoisotopic (exact) mass is 330 g/mol. The third-order valence-corrected chi connectivity index (χ3v) is 3.66. The largest absolute Gasteiger partial charge is 0.452 e. The first-order chi connectivity index (χ1) is 11.6. The highest BCUT2D eigenvalue weighted by molar-refractivity contribution is 6.03. The van der Waals surface area contributed by atoms with Crippen molar-refractivity contribution in [2.75, 3.05) is 13.2 Å². The van der Waals surface area contributed by atoms with Gasteiger partial charge in [0.05, 0.1) is 5.56 Å². The number of carbonyl (C=O) groups is 2. The molecule has 1 heterocycles. The lowest BCUT2D eigenvalue weighted by molar-refractivity contribution is -0.124. The van der Waals surface area contributed by atoms with Gasteiger partial charge in [-0.25, -0.2) is 4.79 Å². The Morgan fingerprint density at radius 3 is 2.75 bits per heavy atom. The number of unbranched alkanes of at least 4 members (excludes halogenated alkanes) is 3. The minimum Gasteiger partial charge on any atom is -0.452 e. The summed E-state index contributed by atoms with van der Waals surface area (Å²) >= 11 is 0. The predicted octanol–water partition coefficient (Wildman–Crippen LogP) is 2.38. The number of aromatic nitrogens is 1. The number of nitrogens with one attached hydrogen (secondary N) is 2. The molecule has 0 aliphatic heterocycles. The van der Waals surface area contributed by atoms with Crippen LogP contribution < -0.4 is 10.9 Å². The quantitative estimate of drug-likeness (QED) is 0.574. The normalized spacial score (nSPS) is 10.5. The van der Waals surface area contributed by atoms with Crippen molar-refractivity contribution in [3.8, 4) is 0 Å². The van der Waals surface area contributed by atoms with Crippen molar-refractivity contribution < 1.29 is 14.3 Å². The highest BCUT2D eigenvalue weighted by atomic mass is 16.5. The van der Waals surface area contributed by atoms with E-state index in [9.17, 15) is 14.4 Å². The lowest BCUT2D eigenvalue weighted by atomic mass is 10.1. The van der Waals surface area contributed by atoms with Gasteiger partial charge in [-0.15, -0.1) is 0 Å². The van der Waals surface area contributed by atoms with E-state index in [1.54, 1.807) is 24.3 Å². The van der Waals surface area contributed by atoms with Gasteiger partial charge in [0.2, 0.25) is 5.56 Å². The van der Waals surface area contributed by atoms with Crippen LogP contribution in [-0.2, 0) is 9.53 Å². The zero-order valence-corrected chi connectivity index (χ0v) is 13.8. The lowest BCUT2D eigenvalue weighted by Gasteiger charge is -2.08. The molecule has 6 heteroatoms. The van der Waals surface area contributed by atoms with Gasteiger partial charge in [-0.2, -0.15) is 0 Å². The molecule has 1 aromatic heterocycles. The van der Waals surface area contributed by atoms with Crippen LogP contribution in [0.2, 0.25) is 0 Å². The minimum absolute atomic E-state index is 0.157. The lowest BCUT2D eigenvalue weighted by Crippen LogP contribution is -2.29. The summed E-state index contributed by atoms with van der Waals surface area (Å²) in [5, 5.41) is 3.30. The van der Waals surface area contributed by atoms with Gasteiger partial charge in [0.25, 0.3) is 5.91 Å². The molecule has 2 rings (SSSR count). The zero-order valence-electron chi connectivity index (χ0n) is 13.8. The first-order valence-electron chi connectivity index (χ1n) is 8.17. The summed E-state index contributed by atoms with van der Waals surface area (Å²) in [6, 6.07) is 8.14. The molecule has 6 nitrogen and oxygen atoms in total. The van der Waals surface area contributed by atoms with Crippen molar-refractivity contribution in [1.82, 2.24) is 10.3 Å². The number of para-hydroxylation sites is 1. The highest BCUT2D eigenvalue weighted by Gasteiger charge is 2.14. The predicted molar refractivity (Wildman–Crippen MR) is 92.0 cm³/mol. The molecule has 0 radical (unpaired) electrons. The van der Waals surface area contributed by atoms with Crippen LogP contribution in [0.15, 0.2) is 35.1 Å². The molecule has 0 atom stereocenters. The number of fused-ring (bicyclic) bond motifs is 1. The third kappa shape index (κ3) is 4.94. The van der Waals surface area contributed by atoms with Gasteiger partial charge < -0.3 is 15.0 Å². The molecule has 0 aliphatic carbocycles. The van der Waals surface area contributed by atoms with Gasteiger partial charge in [-0.1, -0.05) is 44.4 Å². The van der Waals surface area contributed by atoms with Gasteiger partial charge in [-0.3, -0.25) is 9.59 Å². The second kappa shape index (κ2) is 8.86. The first-order valence-corrected chi connectivity index (χ1v) is 8.17. The van der Waals surface area contributed by atoms with Gasteiger partial charge in [0, 0.05) is 23.5 Å². The minimum atomic E-state index is -0.682. The Balaban J connectivity index is 1.91. The summed E-state index contributed by atoms with van der Waals surface area (Å²) in [6.45, 7) is 2.34. The van der Waals surface area contributed by atoms with Crippen molar-refractivity contribution in [3.05, 3.63) is 46.2 Å². The Kier molecular flexibility index (Phi) is 6.54. The molecular formula is C18H22N2O4. The number of aromatic amines is 1. The van der Waals surface area contributed by atoms with E-state index in [1.807, 2.05) is 0 Å². The number of hydrogen-bond acceptors (Lipinski definition) is 4. The van der Waals surface area contributed by atoms with Gasteiger partial charge in [-0.05, 0) is 12.5 Å². The van der Waals surface area contributed by atoms with Crippen LogP contribution >= 0.6 is 0 Å². The average Bonchev–Trinajstić information content (AvgIpc) is 2.58. The number of rotatable bonds is 8. The van der Waals surface area contributed by atoms with Crippen LogP contribution in [-0.4, -0.2) is 30.0 Å². The molecule has 0 fully saturated rings. The molecule has 2 aromatic rings. The molecule has 0 bridgehead atoms. The Morgan fingerprint density at radius 2 is 1.96 bits per heavy atom. The van der Waals surface area contributed by atoms with Crippen LogP contribution in [0.4, 0.5) is 0 Å². The van der Waals surface area contributed by atoms with Crippen LogP contribution in [0.25, 0.3) is 10.9 Å². The molecule has 0 saturated carbocycles. The highest BCUT2D eigenvalue weighted by Crippen LogP contribution is 2.15. The second-order valence-electron chi connectivity index (χ2n) is 5.58. The second-order valence-corrected chi connectivity index (χ2v) is 5.58. The molecule has 128 valence electrons. The number of pyridine rings is 1. The number of amides is 1. The summed E-state index contributed by atoms with van der Waals surface area (Å²) in [5.74, 6) is -1.02. The fourth-order valence-corrected chi connectivity index (χ4v) is 2.41. The van der Waals surface area contributed by atoms with E-state index in [2.05, 4.69) is 17.2 Å². The smallest absolute Gasteiger partial charge is 0.339 e. The maximum atomic E-state index is 12.2. The number of ether oxygens (including phenoxy) is 1. The molecule has 0 spiro atoms. The topological polar surface area (TPSA) is 88.3 Å². The molecule has 0 unspecified atom stereocenters. The van der Waals surface area contributed by atoms with E-state index in [4.69, 9.17) is 4.74 Å². The summed E-state index contributed by atoms with van der Waals surface area (Å²) in [4.78, 5) is 38.1. The summed E-state index contributed by atoms with van der Waals surface area (Å²) < 4.78 is 5.03. The summed E-state index contributed by atoms with van der Waals surface area (Å²) in [7, 11) is 0. The molecular weight excluding hydrogens is 308 g/mol. The Labute approximate surface area is 140 Å². The molecule has 0 saturated heterocycles. The summed E-state index contributed by atoms with van der Waals surface area (Å²) in [6.07, 6.45) is 4.25. The van der Waals surface area contributed by atoms with E-state index in [1.165, 1.54) is 6.07 Å².